The van der Waals surface area contributed by atoms with Gasteiger partial charge in [0.15, 0.2) is 11.4 Å². The van der Waals surface area contributed by atoms with E-state index < -0.39 is 23.5 Å². The average molecular weight is 264 g/mol. The molecular weight excluding hydrogens is 249 g/mol. The molecule has 0 spiro atoms. The van der Waals surface area contributed by atoms with E-state index >= 15 is 0 Å². The van der Waals surface area contributed by atoms with Gasteiger partial charge in [-0.15, -0.1) is 0 Å². The number of hydrogen-bond acceptors (Lipinski definition) is 3. The predicted octanol–water partition coefficient (Wildman–Crippen LogP) is 2.95. The number of hydrogen-bond donors (Lipinski definition) is 1. The molecular formula is C11H15F3N2O2. The maximum absolute atomic E-state index is 12.7. The summed E-state index contributed by atoms with van der Waals surface area (Å²) < 4.78 is 42.7. The molecule has 0 atom stereocenters. The Labute approximate surface area is 103 Å². The van der Waals surface area contributed by atoms with E-state index in [1.807, 2.05) is 6.92 Å². The summed E-state index contributed by atoms with van der Waals surface area (Å²) in [6.07, 6.45) is -2.73. The largest absolute Gasteiger partial charge is 0.461 e. The second-order valence-corrected chi connectivity index (χ2v) is 3.73. The first-order valence-corrected chi connectivity index (χ1v) is 5.73. The van der Waals surface area contributed by atoms with Crippen molar-refractivity contribution in [2.45, 2.75) is 39.3 Å². The van der Waals surface area contributed by atoms with Gasteiger partial charge >= 0.3 is 12.1 Å². The van der Waals surface area contributed by atoms with E-state index in [4.69, 9.17) is 0 Å². The number of rotatable bonds is 5. The number of nitrogens with one attached hydrogen (secondary N) is 1. The van der Waals surface area contributed by atoms with Crippen molar-refractivity contribution in [3.8, 4) is 0 Å². The van der Waals surface area contributed by atoms with Gasteiger partial charge in [-0.05, 0) is 13.3 Å². The number of unbranched alkanes of at least 4 members (excludes halogenated alkanes) is 1. The first kappa shape index (κ1) is 14.5. The molecule has 4 nitrogen and oxygen atoms in total. The van der Waals surface area contributed by atoms with Crippen LogP contribution in [0.5, 0.6) is 0 Å². The third-order valence-corrected chi connectivity index (χ3v) is 2.27. The number of alkyl halides is 3. The van der Waals surface area contributed by atoms with Crippen LogP contribution in [-0.2, 0) is 17.3 Å². The number of halogens is 3. The molecule has 0 aliphatic rings. The molecule has 0 aliphatic carbocycles. The van der Waals surface area contributed by atoms with E-state index in [2.05, 4.69) is 14.7 Å². The van der Waals surface area contributed by atoms with Gasteiger partial charge in [-0.25, -0.2) is 9.78 Å². The van der Waals surface area contributed by atoms with E-state index in [1.165, 1.54) is 6.92 Å². The van der Waals surface area contributed by atoms with Crippen molar-refractivity contribution >= 4 is 5.97 Å². The number of aromatic amines is 1. The summed E-state index contributed by atoms with van der Waals surface area (Å²) in [4.78, 5) is 17.2. The minimum Gasteiger partial charge on any atom is -0.461 e. The Morgan fingerprint density at radius 2 is 2.06 bits per heavy atom. The lowest BCUT2D eigenvalue weighted by molar-refractivity contribution is -0.141. The van der Waals surface area contributed by atoms with Crippen molar-refractivity contribution in [1.82, 2.24) is 9.97 Å². The summed E-state index contributed by atoms with van der Waals surface area (Å²) in [5.74, 6) is -0.893. The molecule has 0 bridgehead atoms. The zero-order valence-corrected chi connectivity index (χ0v) is 10.2. The van der Waals surface area contributed by atoms with Crippen molar-refractivity contribution in [2.75, 3.05) is 6.61 Å². The summed E-state index contributed by atoms with van der Waals surface area (Å²) >= 11 is 0. The number of aromatic nitrogens is 2. The molecule has 0 radical (unpaired) electrons. The van der Waals surface area contributed by atoms with Gasteiger partial charge in [0.2, 0.25) is 0 Å². The first-order valence-electron chi connectivity index (χ1n) is 5.73. The Bertz CT molecular complexity index is 413. The maximum atomic E-state index is 12.7. The number of H-pyrrole nitrogens is 1. The quantitative estimate of drug-likeness (QED) is 0.832. The Balaban J connectivity index is 3.05. The fraction of sp³-hybridized carbons (Fsp3) is 0.636. The standard InChI is InChI=1S/C11H15F3N2O2/c1-3-5-6-7-15-8(10(17)18-4-2)9(16-7)11(12,13)14/h3-6H2,1-2H3,(H,15,16). The molecule has 1 heterocycles. The van der Waals surface area contributed by atoms with Crippen LogP contribution in [0.2, 0.25) is 0 Å². The third kappa shape index (κ3) is 3.48. The van der Waals surface area contributed by atoms with Crippen molar-refractivity contribution in [3.63, 3.8) is 0 Å². The molecule has 1 N–H and O–H groups in total. The number of imidazole rings is 1. The van der Waals surface area contributed by atoms with Gasteiger partial charge in [0.1, 0.15) is 5.82 Å². The summed E-state index contributed by atoms with van der Waals surface area (Å²) in [6, 6.07) is 0. The highest BCUT2D eigenvalue weighted by atomic mass is 19.4. The van der Waals surface area contributed by atoms with Crippen LogP contribution < -0.4 is 0 Å². The molecule has 18 heavy (non-hydrogen) atoms. The van der Waals surface area contributed by atoms with Gasteiger partial charge in [0.05, 0.1) is 6.61 Å². The predicted molar refractivity (Wildman–Crippen MR) is 58.2 cm³/mol. The molecule has 0 unspecified atom stereocenters. The topological polar surface area (TPSA) is 55.0 Å². The SMILES string of the molecule is CCCCc1nc(C(=O)OCC)c(C(F)(F)F)[nH]1. The molecule has 1 aromatic rings. The van der Waals surface area contributed by atoms with E-state index in [0.717, 1.165) is 6.42 Å². The van der Waals surface area contributed by atoms with Crippen molar-refractivity contribution in [2.24, 2.45) is 0 Å². The molecule has 1 rings (SSSR count). The first-order chi connectivity index (χ1) is 8.40. The monoisotopic (exact) mass is 264 g/mol. The Morgan fingerprint density at radius 3 is 2.56 bits per heavy atom. The molecule has 0 amide bonds. The van der Waals surface area contributed by atoms with Crippen LogP contribution >= 0.6 is 0 Å². The van der Waals surface area contributed by atoms with Gasteiger partial charge in [0.25, 0.3) is 0 Å². The molecule has 0 fully saturated rings. The van der Waals surface area contributed by atoms with Crippen LogP contribution in [0.4, 0.5) is 13.2 Å². The van der Waals surface area contributed by atoms with Crippen molar-refractivity contribution in [1.29, 1.82) is 0 Å². The number of carbonyl (C=O) groups is 1. The lowest BCUT2D eigenvalue weighted by Gasteiger charge is -2.05. The number of esters is 1. The number of ether oxygens (including phenoxy) is 1. The van der Waals surface area contributed by atoms with Gasteiger partial charge in [0, 0.05) is 6.42 Å². The second kappa shape index (κ2) is 5.88. The zero-order valence-electron chi connectivity index (χ0n) is 10.2. The molecule has 1 aromatic heterocycles. The van der Waals surface area contributed by atoms with Gasteiger partial charge < -0.3 is 9.72 Å². The number of carbonyl (C=O) groups excluding carboxylic acids is 1. The minimum atomic E-state index is -4.64. The van der Waals surface area contributed by atoms with E-state index in [1.54, 1.807) is 0 Å². The van der Waals surface area contributed by atoms with Gasteiger partial charge in [-0.1, -0.05) is 13.3 Å². The van der Waals surface area contributed by atoms with Crippen LogP contribution in [0.1, 0.15) is 48.7 Å². The molecule has 0 saturated heterocycles. The van der Waals surface area contributed by atoms with Gasteiger partial charge in [-0.3, -0.25) is 0 Å². The smallest absolute Gasteiger partial charge is 0.433 e. The van der Waals surface area contributed by atoms with Crippen LogP contribution in [0.3, 0.4) is 0 Å². The number of nitrogens with zero attached hydrogens (tertiary/aromatic N) is 1. The average Bonchev–Trinajstić information content (AvgIpc) is 2.70. The third-order valence-electron chi connectivity index (χ3n) is 2.27. The second-order valence-electron chi connectivity index (χ2n) is 3.73. The highest BCUT2D eigenvalue weighted by molar-refractivity contribution is 5.88. The van der Waals surface area contributed by atoms with E-state index in [-0.39, 0.29) is 12.4 Å². The summed E-state index contributed by atoms with van der Waals surface area (Å²) in [5.41, 5.74) is -1.82. The normalized spacial score (nSPS) is 11.6. The summed E-state index contributed by atoms with van der Waals surface area (Å²) in [6.45, 7) is 3.45. The van der Waals surface area contributed by atoms with Crippen LogP contribution in [-0.4, -0.2) is 22.5 Å². The van der Waals surface area contributed by atoms with Crippen LogP contribution in [0, 0.1) is 0 Å². The fourth-order valence-corrected chi connectivity index (χ4v) is 1.44. The van der Waals surface area contributed by atoms with Crippen molar-refractivity contribution in [3.05, 3.63) is 17.2 Å². The van der Waals surface area contributed by atoms with Crippen molar-refractivity contribution < 1.29 is 22.7 Å². The lowest BCUT2D eigenvalue weighted by Crippen LogP contribution is -2.15. The zero-order chi connectivity index (χ0) is 13.8. The molecule has 0 aliphatic heterocycles. The Hall–Kier alpha value is -1.53. The molecule has 102 valence electrons. The molecule has 0 aromatic carbocycles. The fourth-order valence-electron chi connectivity index (χ4n) is 1.44. The molecule has 0 saturated carbocycles. The Kier molecular flexibility index (Phi) is 4.75. The number of aryl methyl sites for hydroxylation is 1. The summed E-state index contributed by atoms with van der Waals surface area (Å²) in [5, 5.41) is 0. The van der Waals surface area contributed by atoms with E-state index in [9.17, 15) is 18.0 Å². The van der Waals surface area contributed by atoms with Crippen LogP contribution in [0.25, 0.3) is 0 Å². The lowest BCUT2D eigenvalue weighted by atomic mass is 10.2. The highest BCUT2D eigenvalue weighted by Gasteiger charge is 2.39. The Morgan fingerprint density at radius 1 is 1.39 bits per heavy atom. The van der Waals surface area contributed by atoms with Crippen LogP contribution in [0.15, 0.2) is 0 Å². The van der Waals surface area contributed by atoms with Gasteiger partial charge in [-0.2, -0.15) is 13.2 Å². The molecule has 7 heteroatoms. The maximum Gasteiger partial charge on any atom is 0.433 e. The highest BCUT2D eigenvalue weighted by Crippen LogP contribution is 2.31. The van der Waals surface area contributed by atoms with E-state index in [0.29, 0.717) is 12.8 Å². The minimum absolute atomic E-state index is 0.00723. The summed E-state index contributed by atoms with van der Waals surface area (Å²) in [7, 11) is 0.